The number of aliphatic hydroxyl groups excluding tert-OH is 1. The van der Waals surface area contributed by atoms with Gasteiger partial charge in [-0.3, -0.25) is 37.3 Å². The number of unbranched alkanes of at least 4 members (excludes halogenated alkanes) is 52. The number of hydrogen-bond acceptors (Lipinski definition) is 15. The van der Waals surface area contributed by atoms with Gasteiger partial charge in [-0.2, -0.15) is 0 Å². The number of carbonyl (C=O) groups is 4. The Hall–Kier alpha value is -1.94. The predicted molar refractivity (Wildman–Crippen MR) is 437 cm³/mol. The second kappa shape index (κ2) is 77.0. The lowest BCUT2D eigenvalue weighted by Gasteiger charge is -2.21. The smallest absolute Gasteiger partial charge is 0.462 e. The maximum atomic E-state index is 13.2. The maximum absolute atomic E-state index is 13.2. The van der Waals surface area contributed by atoms with Crippen LogP contribution in [0.3, 0.4) is 0 Å². The molecule has 6 atom stereocenters. The van der Waals surface area contributed by atoms with Gasteiger partial charge in [0.25, 0.3) is 0 Å². The summed E-state index contributed by atoms with van der Waals surface area (Å²) in [5.74, 6) is 0.312. The van der Waals surface area contributed by atoms with E-state index < -0.39 is 97.5 Å². The SMILES string of the molecule is CCCCCCCCCCCCCCCCCC(=O)O[C@H](COC(=O)CCCCCCCCCCCC(C)C)COP(=O)(O)OC[C@H](O)COP(=O)(O)OC[C@@H](COC(=O)CCCCCCCCCCCCCCCCC(C)C)OC(=O)CCCCCCCCCCCCCCCCCCCCC(C)CC. The van der Waals surface area contributed by atoms with E-state index in [0.717, 1.165) is 108 Å². The summed E-state index contributed by atoms with van der Waals surface area (Å²) in [7, 11) is -9.93. The van der Waals surface area contributed by atoms with E-state index in [2.05, 4.69) is 48.5 Å². The lowest BCUT2D eigenvalue weighted by Crippen LogP contribution is -2.30. The van der Waals surface area contributed by atoms with Crippen molar-refractivity contribution in [1.82, 2.24) is 0 Å². The van der Waals surface area contributed by atoms with Crippen LogP contribution in [0.1, 0.15) is 459 Å². The molecule has 0 saturated heterocycles. The van der Waals surface area contributed by atoms with Crippen LogP contribution in [-0.2, 0) is 65.4 Å². The second-order valence-corrected chi connectivity index (χ2v) is 35.4. The van der Waals surface area contributed by atoms with Gasteiger partial charge in [0.2, 0.25) is 0 Å². The van der Waals surface area contributed by atoms with E-state index in [1.807, 2.05) is 0 Å². The largest absolute Gasteiger partial charge is 0.472 e. The molecule has 0 amide bonds. The third-order valence-corrected chi connectivity index (χ3v) is 22.6. The monoisotopic (exact) mass is 1550 g/mol. The van der Waals surface area contributed by atoms with Gasteiger partial charge in [-0.05, 0) is 43.4 Å². The fraction of sp³-hybridized carbons (Fsp3) is 0.954. The lowest BCUT2D eigenvalue weighted by molar-refractivity contribution is -0.161. The summed E-state index contributed by atoms with van der Waals surface area (Å²) in [4.78, 5) is 73.3. The molecule has 0 bridgehead atoms. The van der Waals surface area contributed by atoms with Crippen LogP contribution < -0.4 is 0 Å². The van der Waals surface area contributed by atoms with E-state index in [9.17, 15) is 43.2 Å². The van der Waals surface area contributed by atoms with E-state index in [1.54, 1.807) is 0 Å². The molecule has 17 nitrogen and oxygen atoms in total. The Kier molecular flexibility index (Phi) is 75.6. The van der Waals surface area contributed by atoms with E-state index in [1.165, 1.54) is 270 Å². The Morgan fingerprint density at radius 1 is 0.274 bits per heavy atom. The molecule has 3 unspecified atom stereocenters. The summed E-state index contributed by atoms with van der Waals surface area (Å²) >= 11 is 0. The van der Waals surface area contributed by atoms with E-state index in [4.69, 9.17) is 37.0 Å². The van der Waals surface area contributed by atoms with Crippen LogP contribution in [0.4, 0.5) is 0 Å². The highest BCUT2D eigenvalue weighted by Gasteiger charge is 2.31. The Labute approximate surface area is 651 Å². The number of ether oxygens (including phenoxy) is 4. The highest BCUT2D eigenvalue weighted by molar-refractivity contribution is 7.47. The van der Waals surface area contributed by atoms with Crippen LogP contribution in [0.25, 0.3) is 0 Å². The highest BCUT2D eigenvalue weighted by Crippen LogP contribution is 2.45. The maximum Gasteiger partial charge on any atom is 0.472 e. The normalized spacial score (nSPS) is 14.1. The molecule has 0 aliphatic rings. The second-order valence-electron chi connectivity index (χ2n) is 32.5. The molecule has 19 heteroatoms. The van der Waals surface area contributed by atoms with Crippen LogP contribution in [0.5, 0.6) is 0 Å². The summed E-state index contributed by atoms with van der Waals surface area (Å²) in [6.07, 6.45) is 67.9. The Bertz CT molecular complexity index is 2050. The number of esters is 4. The quantitative estimate of drug-likeness (QED) is 0.0222. The lowest BCUT2D eigenvalue weighted by atomic mass is 9.99. The molecule has 0 spiro atoms. The van der Waals surface area contributed by atoms with Crippen LogP contribution in [-0.4, -0.2) is 96.7 Å². The van der Waals surface area contributed by atoms with E-state index >= 15 is 0 Å². The first-order chi connectivity index (χ1) is 51.3. The summed E-state index contributed by atoms with van der Waals surface area (Å²) < 4.78 is 68.9. The molecule has 0 heterocycles. The first kappa shape index (κ1) is 104. The van der Waals surface area contributed by atoms with Crippen molar-refractivity contribution >= 4 is 39.5 Å². The predicted octanol–water partition coefficient (Wildman–Crippen LogP) is 26.5. The van der Waals surface area contributed by atoms with Crippen LogP contribution in [0.15, 0.2) is 0 Å². The molecule has 0 aliphatic carbocycles. The van der Waals surface area contributed by atoms with Crippen LogP contribution in [0, 0.1) is 17.8 Å². The molecule has 0 rings (SSSR count). The van der Waals surface area contributed by atoms with Crippen LogP contribution in [0.2, 0.25) is 0 Å². The minimum Gasteiger partial charge on any atom is -0.462 e. The molecule has 0 fully saturated rings. The number of rotatable bonds is 85. The summed E-state index contributed by atoms with van der Waals surface area (Å²) in [6.45, 7) is 12.1. The first-order valence-corrected chi connectivity index (χ1v) is 47.9. The number of phosphoric ester groups is 2. The number of phosphoric acid groups is 2. The van der Waals surface area contributed by atoms with Crippen LogP contribution >= 0.6 is 15.6 Å². The minimum absolute atomic E-state index is 0.108. The molecule has 0 aromatic rings. The van der Waals surface area contributed by atoms with Crippen molar-refractivity contribution in [2.45, 2.75) is 478 Å². The van der Waals surface area contributed by atoms with Crippen molar-refractivity contribution in [3.8, 4) is 0 Å². The van der Waals surface area contributed by atoms with Crippen molar-refractivity contribution in [3.63, 3.8) is 0 Å². The molecule has 630 valence electrons. The van der Waals surface area contributed by atoms with Gasteiger partial charge in [0.1, 0.15) is 19.3 Å². The molecular formula is C87H170O17P2. The van der Waals surface area contributed by atoms with Gasteiger partial charge in [-0.1, -0.05) is 408 Å². The molecule has 106 heavy (non-hydrogen) atoms. The fourth-order valence-electron chi connectivity index (χ4n) is 13.5. The molecule has 0 saturated carbocycles. The highest BCUT2D eigenvalue weighted by atomic mass is 31.2. The third kappa shape index (κ3) is 78.7. The van der Waals surface area contributed by atoms with Crippen molar-refractivity contribution in [2.24, 2.45) is 17.8 Å². The molecule has 0 aliphatic heterocycles. The Balaban J connectivity index is 5.25. The topological polar surface area (TPSA) is 237 Å². The standard InChI is InChI=1S/C87H170O17P2/c1-8-10-11-12-13-14-15-16-21-29-34-41-49-56-63-70-86(91)104-83(75-98-85(90)69-62-55-48-43-36-38-45-52-59-66-79(5)6)77-102-106(95,96)100-73-81(88)72-99-105(93,94)101-76-82(74-97-84(89)68-61-54-47-40-33-28-25-24-26-31-37-44-51-58-65-78(3)4)103-87(92)71-64-57-50-42-35-30-23-20-18-17-19-22-27-32-39-46-53-60-67-80(7)9-2/h78-83,88H,8-77H2,1-7H3,(H,93,94)(H,95,96)/t80?,81-,82-,83-/m1/s1. The Morgan fingerprint density at radius 2 is 0.481 bits per heavy atom. The molecule has 0 aromatic heterocycles. The van der Waals surface area contributed by atoms with Gasteiger partial charge in [-0.15, -0.1) is 0 Å². The zero-order valence-corrected chi connectivity index (χ0v) is 71.7. The zero-order valence-electron chi connectivity index (χ0n) is 69.9. The number of hydrogen-bond donors (Lipinski definition) is 3. The Morgan fingerprint density at radius 3 is 0.717 bits per heavy atom. The molecule has 0 aromatic carbocycles. The molecular weight excluding hydrogens is 1380 g/mol. The van der Waals surface area contributed by atoms with Gasteiger partial charge < -0.3 is 33.8 Å². The van der Waals surface area contributed by atoms with Gasteiger partial charge in [-0.25, -0.2) is 9.13 Å². The van der Waals surface area contributed by atoms with Crippen molar-refractivity contribution in [2.75, 3.05) is 39.6 Å². The first-order valence-electron chi connectivity index (χ1n) is 44.9. The van der Waals surface area contributed by atoms with Crippen molar-refractivity contribution in [3.05, 3.63) is 0 Å². The van der Waals surface area contributed by atoms with Crippen molar-refractivity contribution < 1.29 is 80.2 Å². The third-order valence-electron chi connectivity index (χ3n) is 20.7. The van der Waals surface area contributed by atoms with Gasteiger partial charge >= 0.3 is 39.5 Å². The molecule has 0 radical (unpaired) electrons. The number of carbonyl (C=O) groups excluding carboxylic acids is 4. The van der Waals surface area contributed by atoms with E-state index in [0.29, 0.717) is 25.7 Å². The minimum atomic E-state index is -4.97. The molecule has 3 N–H and O–H groups in total. The average molecular weight is 1550 g/mol. The van der Waals surface area contributed by atoms with E-state index in [-0.39, 0.29) is 25.7 Å². The fourth-order valence-corrected chi connectivity index (χ4v) is 15.1. The van der Waals surface area contributed by atoms with Gasteiger partial charge in [0.15, 0.2) is 12.2 Å². The summed E-state index contributed by atoms with van der Waals surface area (Å²) in [6, 6.07) is 0. The number of aliphatic hydroxyl groups is 1. The van der Waals surface area contributed by atoms with Gasteiger partial charge in [0, 0.05) is 25.7 Å². The zero-order chi connectivity index (χ0) is 77.9. The summed E-state index contributed by atoms with van der Waals surface area (Å²) in [5.41, 5.74) is 0. The summed E-state index contributed by atoms with van der Waals surface area (Å²) in [5, 5.41) is 10.7. The van der Waals surface area contributed by atoms with Gasteiger partial charge in [0.05, 0.1) is 26.4 Å². The average Bonchev–Trinajstić information content (AvgIpc) is 0.899. The van der Waals surface area contributed by atoms with Crippen molar-refractivity contribution in [1.29, 1.82) is 0 Å².